The number of nitrogens with zero attached hydrogens (tertiary/aromatic N) is 2. The second-order valence-corrected chi connectivity index (χ2v) is 9.64. The van der Waals surface area contributed by atoms with Crippen LogP contribution in [0.5, 0.6) is 0 Å². The number of piperazine rings is 1. The lowest BCUT2D eigenvalue weighted by Crippen LogP contribution is -2.57. The number of benzene rings is 1. The lowest BCUT2D eigenvalue weighted by Gasteiger charge is -2.36. The summed E-state index contributed by atoms with van der Waals surface area (Å²) >= 11 is 12.0. The molecule has 11 heteroatoms. The largest absolute Gasteiger partial charge is 0.450 e. The van der Waals surface area contributed by atoms with Crippen LogP contribution in [0.25, 0.3) is 0 Å². The molecule has 2 rings (SSSR count). The van der Waals surface area contributed by atoms with Crippen molar-refractivity contribution in [1.82, 2.24) is 14.5 Å². The van der Waals surface area contributed by atoms with Crippen LogP contribution in [0.3, 0.4) is 0 Å². The van der Waals surface area contributed by atoms with Crippen LogP contribution in [0, 0.1) is 5.92 Å². The van der Waals surface area contributed by atoms with Crippen LogP contribution in [-0.2, 0) is 19.6 Å². The predicted molar refractivity (Wildman–Crippen MR) is 111 cm³/mol. The van der Waals surface area contributed by atoms with Crippen molar-refractivity contribution in [2.24, 2.45) is 5.92 Å². The summed E-state index contributed by atoms with van der Waals surface area (Å²) in [5.74, 6) is -0.426. The monoisotopic (exact) mass is 465 g/mol. The third-order valence-corrected chi connectivity index (χ3v) is 7.16. The molecule has 1 fully saturated rings. The fourth-order valence-corrected chi connectivity index (χ4v) is 5.13. The molecule has 0 bridgehead atoms. The molecule has 0 spiro atoms. The summed E-state index contributed by atoms with van der Waals surface area (Å²) in [6.45, 7) is 6.13. The molecule has 1 aromatic carbocycles. The lowest BCUT2D eigenvalue weighted by molar-refractivity contribution is -0.135. The van der Waals surface area contributed by atoms with E-state index in [1.54, 1.807) is 11.8 Å². The Bertz CT molecular complexity index is 855. The molecule has 0 saturated carbocycles. The molecule has 8 nitrogen and oxygen atoms in total. The van der Waals surface area contributed by atoms with E-state index in [1.807, 2.05) is 13.8 Å². The SMILES string of the molecule is CCOC(=O)NC(C(=O)N1CCN(S(=O)(=O)c2cc(Cl)ccc2Cl)CC1)C(C)C. The Morgan fingerprint density at radius 3 is 2.34 bits per heavy atom. The minimum absolute atomic E-state index is 0.0597. The minimum Gasteiger partial charge on any atom is -0.450 e. The zero-order valence-electron chi connectivity index (χ0n) is 16.5. The molecule has 1 atom stereocenters. The van der Waals surface area contributed by atoms with Gasteiger partial charge in [0.1, 0.15) is 10.9 Å². The van der Waals surface area contributed by atoms with Crippen molar-refractivity contribution in [2.75, 3.05) is 32.8 Å². The molecule has 1 aliphatic rings. The summed E-state index contributed by atoms with van der Waals surface area (Å²) in [4.78, 5) is 26.1. The number of nitrogens with one attached hydrogen (secondary N) is 1. The maximum absolute atomic E-state index is 12.9. The number of halogens is 2. The van der Waals surface area contributed by atoms with Gasteiger partial charge in [-0.05, 0) is 31.0 Å². The molecule has 1 unspecified atom stereocenters. The van der Waals surface area contributed by atoms with Gasteiger partial charge in [-0.15, -0.1) is 0 Å². The summed E-state index contributed by atoms with van der Waals surface area (Å²) in [6.07, 6.45) is -0.656. The molecule has 0 aromatic heterocycles. The first-order valence-corrected chi connectivity index (χ1v) is 11.4. The van der Waals surface area contributed by atoms with E-state index in [0.29, 0.717) is 0 Å². The van der Waals surface area contributed by atoms with E-state index in [2.05, 4.69) is 5.32 Å². The first-order chi connectivity index (χ1) is 13.6. The van der Waals surface area contributed by atoms with E-state index in [-0.39, 0.29) is 59.6 Å². The van der Waals surface area contributed by atoms with Gasteiger partial charge in [0, 0.05) is 31.2 Å². The second-order valence-electron chi connectivity index (χ2n) is 6.89. The maximum Gasteiger partial charge on any atom is 0.407 e. The summed E-state index contributed by atoms with van der Waals surface area (Å²) in [5, 5.41) is 2.94. The highest BCUT2D eigenvalue weighted by Crippen LogP contribution is 2.28. The number of alkyl carbamates (subject to hydrolysis) is 1. The Hall–Kier alpha value is -1.55. The summed E-state index contributed by atoms with van der Waals surface area (Å²) in [7, 11) is -3.84. The molecule has 1 heterocycles. The number of carbonyl (C=O) groups is 2. The van der Waals surface area contributed by atoms with Crippen LogP contribution in [0.1, 0.15) is 20.8 Å². The molecule has 1 saturated heterocycles. The average molecular weight is 466 g/mol. The predicted octanol–water partition coefficient (Wildman–Crippen LogP) is 2.60. The van der Waals surface area contributed by atoms with Crippen molar-refractivity contribution in [3.63, 3.8) is 0 Å². The van der Waals surface area contributed by atoms with Gasteiger partial charge in [-0.2, -0.15) is 4.31 Å². The molecule has 1 N–H and O–H groups in total. The van der Waals surface area contributed by atoms with Crippen molar-refractivity contribution in [3.05, 3.63) is 28.2 Å². The maximum atomic E-state index is 12.9. The van der Waals surface area contributed by atoms with E-state index < -0.39 is 22.2 Å². The van der Waals surface area contributed by atoms with Crippen molar-refractivity contribution in [2.45, 2.75) is 31.7 Å². The van der Waals surface area contributed by atoms with Gasteiger partial charge in [0.05, 0.1) is 11.6 Å². The topological polar surface area (TPSA) is 96.0 Å². The van der Waals surface area contributed by atoms with Crippen LogP contribution >= 0.6 is 23.2 Å². The first kappa shape index (κ1) is 23.7. The van der Waals surface area contributed by atoms with Gasteiger partial charge >= 0.3 is 6.09 Å². The van der Waals surface area contributed by atoms with Crippen molar-refractivity contribution < 1.29 is 22.7 Å². The Morgan fingerprint density at radius 2 is 1.79 bits per heavy atom. The molecule has 29 heavy (non-hydrogen) atoms. The van der Waals surface area contributed by atoms with E-state index in [0.717, 1.165) is 0 Å². The van der Waals surface area contributed by atoms with Crippen LogP contribution in [0.4, 0.5) is 4.79 Å². The van der Waals surface area contributed by atoms with Gasteiger partial charge in [-0.1, -0.05) is 37.0 Å². The summed E-state index contributed by atoms with van der Waals surface area (Å²) in [6, 6.07) is 3.52. The number of amides is 2. The first-order valence-electron chi connectivity index (χ1n) is 9.25. The fraction of sp³-hybridized carbons (Fsp3) is 0.556. The standard InChI is InChI=1S/C18H25Cl2N3O5S/c1-4-28-18(25)21-16(12(2)3)17(24)22-7-9-23(10-8-22)29(26,27)15-11-13(19)5-6-14(15)20/h5-6,11-12,16H,4,7-10H2,1-3H3,(H,21,25). The fourth-order valence-electron chi connectivity index (χ4n) is 2.97. The number of rotatable bonds is 6. The molecule has 2 amide bonds. The van der Waals surface area contributed by atoms with Crippen molar-refractivity contribution >= 4 is 45.2 Å². The molecular weight excluding hydrogens is 441 g/mol. The van der Waals surface area contributed by atoms with Crippen molar-refractivity contribution in [1.29, 1.82) is 0 Å². The van der Waals surface area contributed by atoms with E-state index >= 15 is 0 Å². The number of hydrogen-bond acceptors (Lipinski definition) is 5. The van der Waals surface area contributed by atoms with Gasteiger partial charge in [0.15, 0.2) is 0 Å². The zero-order chi connectivity index (χ0) is 21.8. The Labute approximate surface area is 181 Å². The molecule has 0 aliphatic carbocycles. The average Bonchev–Trinajstić information content (AvgIpc) is 2.67. The highest BCUT2D eigenvalue weighted by molar-refractivity contribution is 7.89. The zero-order valence-corrected chi connectivity index (χ0v) is 18.9. The van der Waals surface area contributed by atoms with Crippen LogP contribution in [-0.4, -0.2) is 68.5 Å². The van der Waals surface area contributed by atoms with E-state index in [4.69, 9.17) is 27.9 Å². The number of carbonyl (C=O) groups excluding carboxylic acids is 2. The smallest absolute Gasteiger partial charge is 0.407 e. The molecule has 1 aromatic rings. The summed E-state index contributed by atoms with van der Waals surface area (Å²) in [5.41, 5.74) is 0. The molecule has 0 radical (unpaired) electrons. The van der Waals surface area contributed by atoms with Crippen LogP contribution < -0.4 is 5.32 Å². The van der Waals surface area contributed by atoms with E-state index in [1.165, 1.54) is 22.5 Å². The quantitative estimate of drug-likeness (QED) is 0.696. The van der Waals surface area contributed by atoms with Gasteiger partial charge < -0.3 is 15.0 Å². The summed E-state index contributed by atoms with van der Waals surface area (Å²) < 4.78 is 31.9. The minimum atomic E-state index is -3.84. The van der Waals surface area contributed by atoms with Crippen LogP contribution in [0.15, 0.2) is 23.1 Å². The van der Waals surface area contributed by atoms with Gasteiger partial charge in [0.25, 0.3) is 0 Å². The van der Waals surface area contributed by atoms with Crippen molar-refractivity contribution in [3.8, 4) is 0 Å². The Kier molecular flexibility index (Phi) is 8.16. The van der Waals surface area contributed by atoms with Gasteiger partial charge in [0.2, 0.25) is 15.9 Å². The second kappa shape index (κ2) is 9.97. The van der Waals surface area contributed by atoms with Gasteiger partial charge in [-0.3, -0.25) is 4.79 Å². The number of ether oxygens (including phenoxy) is 1. The lowest BCUT2D eigenvalue weighted by atomic mass is 10.0. The number of sulfonamides is 1. The van der Waals surface area contributed by atoms with Crippen LogP contribution in [0.2, 0.25) is 10.0 Å². The molecular formula is C18H25Cl2N3O5S. The highest BCUT2D eigenvalue weighted by atomic mass is 35.5. The normalized spacial score (nSPS) is 16.6. The Morgan fingerprint density at radius 1 is 1.17 bits per heavy atom. The highest BCUT2D eigenvalue weighted by Gasteiger charge is 2.35. The number of hydrogen-bond donors (Lipinski definition) is 1. The molecule has 1 aliphatic heterocycles. The third-order valence-electron chi connectivity index (χ3n) is 4.54. The Balaban J connectivity index is 2.08. The third kappa shape index (κ3) is 5.75. The van der Waals surface area contributed by atoms with Gasteiger partial charge in [-0.25, -0.2) is 13.2 Å². The van der Waals surface area contributed by atoms with E-state index in [9.17, 15) is 18.0 Å². The molecule has 162 valence electrons.